The normalized spacial score (nSPS) is 12.9. The predicted molar refractivity (Wildman–Crippen MR) is 325 cm³/mol. The summed E-state index contributed by atoms with van der Waals surface area (Å²) in [6.07, 6.45) is 91.2. The van der Waals surface area contributed by atoms with Crippen LogP contribution in [0.2, 0.25) is 0 Å². The quantitative estimate of drug-likeness (QED) is 0.0373. The number of hydrogen-bond acceptors (Lipinski definition) is 5. The maximum atomic E-state index is 12.3. The molecule has 1 unspecified atom stereocenters. The topological polar surface area (TPSA) is 72.8 Å². The van der Waals surface area contributed by atoms with Gasteiger partial charge in [-0.1, -0.05) is 297 Å². The number of rotatable bonds is 58. The minimum atomic E-state index is -0.779. The Hall–Kier alpha value is -3.18. The summed E-state index contributed by atoms with van der Waals surface area (Å²) in [4.78, 5) is 24.6. The fraction of sp³-hybridized carbons (Fsp3) is 0.739. The lowest BCUT2D eigenvalue weighted by molar-refractivity contribution is -0.161. The van der Waals surface area contributed by atoms with Crippen LogP contribution in [0.25, 0.3) is 0 Å². The van der Waals surface area contributed by atoms with E-state index in [2.05, 4.69) is 111 Å². The molecule has 0 aliphatic rings. The third-order valence-corrected chi connectivity index (χ3v) is 13.9. The third kappa shape index (κ3) is 61.4. The third-order valence-electron chi connectivity index (χ3n) is 13.9. The van der Waals surface area contributed by atoms with Crippen molar-refractivity contribution in [1.82, 2.24) is 0 Å². The summed E-state index contributed by atoms with van der Waals surface area (Å²) in [6, 6.07) is 0. The smallest absolute Gasteiger partial charge is 0.306 e. The lowest BCUT2D eigenvalue weighted by Gasteiger charge is -2.15. The van der Waals surface area contributed by atoms with E-state index < -0.39 is 6.10 Å². The Balaban J connectivity index is 3.47. The summed E-state index contributed by atoms with van der Waals surface area (Å²) in [5.41, 5.74) is 0. The van der Waals surface area contributed by atoms with Gasteiger partial charge < -0.3 is 14.6 Å². The van der Waals surface area contributed by atoms with Crippen LogP contribution in [0.3, 0.4) is 0 Å². The molecule has 0 aromatic heterocycles. The van der Waals surface area contributed by atoms with Gasteiger partial charge >= 0.3 is 11.9 Å². The van der Waals surface area contributed by atoms with Gasteiger partial charge in [0.25, 0.3) is 0 Å². The molecule has 0 aliphatic carbocycles. The largest absolute Gasteiger partial charge is 0.462 e. The average molecular weight is 1030 g/mol. The van der Waals surface area contributed by atoms with Crippen LogP contribution >= 0.6 is 0 Å². The highest BCUT2D eigenvalue weighted by Gasteiger charge is 2.16. The van der Waals surface area contributed by atoms with E-state index in [4.69, 9.17) is 9.47 Å². The van der Waals surface area contributed by atoms with Gasteiger partial charge in [0, 0.05) is 12.8 Å². The van der Waals surface area contributed by atoms with Gasteiger partial charge in [-0.05, 0) is 96.3 Å². The van der Waals surface area contributed by atoms with Gasteiger partial charge in [-0.2, -0.15) is 0 Å². The van der Waals surface area contributed by atoms with Gasteiger partial charge in [-0.15, -0.1) is 0 Å². The molecule has 0 aliphatic heterocycles. The van der Waals surface area contributed by atoms with Crippen molar-refractivity contribution >= 4 is 11.9 Å². The zero-order valence-electron chi connectivity index (χ0n) is 48.8. The highest BCUT2D eigenvalue weighted by molar-refractivity contribution is 5.70. The molecule has 0 fully saturated rings. The van der Waals surface area contributed by atoms with Crippen LogP contribution in [-0.2, 0) is 19.1 Å². The Labute approximate surface area is 459 Å². The van der Waals surface area contributed by atoms with Crippen molar-refractivity contribution < 1.29 is 24.2 Å². The van der Waals surface area contributed by atoms with Crippen molar-refractivity contribution in [3.63, 3.8) is 0 Å². The van der Waals surface area contributed by atoms with Gasteiger partial charge in [0.1, 0.15) is 6.61 Å². The van der Waals surface area contributed by atoms with E-state index in [-0.39, 0.29) is 25.2 Å². The highest BCUT2D eigenvalue weighted by atomic mass is 16.6. The molecule has 0 amide bonds. The highest BCUT2D eigenvalue weighted by Crippen LogP contribution is 2.17. The molecule has 0 aromatic carbocycles. The van der Waals surface area contributed by atoms with Crippen molar-refractivity contribution in [2.24, 2.45) is 0 Å². The molecule has 0 rings (SSSR count). The van der Waals surface area contributed by atoms with Gasteiger partial charge in [0.15, 0.2) is 6.10 Å². The van der Waals surface area contributed by atoms with E-state index in [0.717, 1.165) is 83.5 Å². The molecule has 0 bridgehead atoms. The average Bonchev–Trinajstić information content (AvgIpc) is 3.40. The van der Waals surface area contributed by atoms with Gasteiger partial charge in [0.2, 0.25) is 0 Å². The summed E-state index contributed by atoms with van der Waals surface area (Å²) in [7, 11) is 0. The maximum Gasteiger partial charge on any atom is 0.306 e. The van der Waals surface area contributed by atoms with Crippen molar-refractivity contribution in [3.05, 3.63) is 97.2 Å². The first kappa shape index (κ1) is 70.8. The van der Waals surface area contributed by atoms with Crippen LogP contribution in [0.5, 0.6) is 0 Å². The van der Waals surface area contributed by atoms with Crippen LogP contribution < -0.4 is 0 Å². The van der Waals surface area contributed by atoms with Crippen molar-refractivity contribution in [1.29, 1.82) is 0 Å². The number of aliphatic hydroxyl groups is 1. The standard InChI is InChI=1S/C69H120O5/c1-3-5-7-9-11-13-15-17-19-21-23-25-27-29-31-32-33-34-35-36-38-39-41-43-45-47-49-51-53-55-57-59-61-63-68(71)73-66-67(65-70)74-69(72)64-62-60-58-56-54-52-50-48-46-44-42-40-37-30-28-26-24-22-20-18-16-14-12-10-8-6-4-2/h6,8,12,14-15,17-18,20-21,23-24,26-27,29-30,37,67,70H,3-5,7,9-11,13,16,19,22,25,28,31-36,38-66H2,1-2H3/b8-6-,14-12-,17-15-,20-18-,23-21-,26-24-,29-27-,37-30-. The monoisotopic (exact) mass is 1030 g/mol. The van der Waals surface area contributed by atoms with E-state index in [9.17, 15) is 14.7 Å². The summed E-state index contributed by atoms with van der Waals surface area (Å²) < 4.78 is 10.7. The van der Waals surface area contributed by atoms with Crippen LogP contribution in [-0.4, -0.2) is 36.4 Å². The Morgan fingerprint density at radius 1 is 0.324 bits per heavy atom. The summed E-state index contributed by atoms with van der Waals surface area (Å²) in [5.74, 6) is -0.586. The Kier molecular flexibility index (Phi) is 61.4. The number of unbranched alkanes of at least 4 members (excludes halogenated alkanes) is 34. The second-order valence-electron chi connectivity index (χ2n) is 21.1. The van der Waals surface area contributed by atoms with Gasteiger partial charge in [-0.25, -0.2) is 0 Å². The molecule has 0 saturated carbocycles. The molecule has 0 heterocycles. The van der Waals surface area contributed by atoms with Crippen molar-refractivity contribution in [2.75, 3.05) is 13.2 Å². The number of aliphatic hydroxyl groups excluding tert-OH is 1. The number of carbonyl (C=O) groups excluding carboxylic acids is 2. The van der Waals surface area contributed by atoms with E-state index in [1.807, 2.05) is 0 Å². The first-order valence-corrected chi connectivity index (χ1v) is 31.8. The van der Waals surface area contributed by atoms with Crippen LogP contribution in [0, 0.1) is 0 Å². The van der Waals surface area contributed by atoms with E-state index in [1.165, 1.54) is 199 Å². The molecular weight excluding hydrogens is 909 g/mol. The van der Waals surface area contributed by atoms with E-state index >= 15 is 0 Å². The first-order chi connectivity index (χ1) is 36.6. The van der Waals surface area contributed by atoms with E-state index in [0.29, 0.717) is 12.8 Å². The molecule has 1 atom stereocenters. The molecule has 426 valence electrons. The molecule has 0 spiro atoms. The Morgan fingerprint density at radius 2 is 0.581 bits per heavy atom. The molecule has 74 heavy (non-hydrogen) atoms. The first-order valence-electron chi connectivity index (χ1n) is 31.8. The number of esters is 2. The maximum absolute atomic E-state index is 12.3. The second kappa shape index (κ2) is 64.1. The van der Waals surface area contributed by atoms with Crippen LogP contribution in [0.1, 0.15) is 309 Å². The minimum Gasteiger partial charge on any atom is -0.462 e. The summed E-state index contributed by atoms with van der Waals surface area (Å²) in [6.45, 7) is 4.04. The molecule has 5 nitrogen and oxygen atoms in total. The van der Waals surface area contributed by atoms with Crippen molar-refractivity contribution in [2.45, 2.75) is 315 Å². The Morgan fingerprint density at radius 3 is 0.878 bits per heavy atom. The number of allylic oxidation sites excluding steroid dienone is 16. The fourth-order valence-corrected chi connectivity index (χ4v) is 9.12. The van der Waals surface area contributed by atoms with Crippen molar-refractivity contribution in [3.8, 4) is 0 Å². The number of hydrogen-bond donors (Lipinski definition) is 1. The van der Waals surface area contributed by atoms with Crippen LogP contribution in [0.15, 0.2) is 97.2 Å². The van der Waals surface area contributed by atoms with Crippen LogP contribution in [0.4, 0.5) is 0 Å². The van der Waals surface area contributed by atoms with Gasteiger partial charge in [-0.3, -0.25) is 9.59 Å². The molecule has 0 saturated heterocycles. The molecule has 0 radical (unpaired) electrons. The zero-order chi connectivity index (χ0) is 53.4. The SMILES string of the molecule is CC/C=C\C/C=C\C/C=C\C/C=C\C/C=C\CCCCCCCCCCCCCC(=O)OC(CO)COC(=O)CCCCCCCCCCCCCCCCCCCC/C=C\C/C=C\C/C=C\CCCCCCC. The molecule has 0 aromatic rings. The molecule has 5 heteroatoms. The Bertz CT molecular complexity index is 1400. The van der Waals surface area contributed by atoms with E-state index in [1.54, 1.807) is 0 Å². The lowest BCUT2D eigenvalue weighted by Crippen LogP contribution is -2.28. The predicted octanol–water partition coefficient (Wildman–Crippen LogP) is 21.9. The minimum absolute atomic E-state index is 0.0685. The summed E-state index contributed by atoms with van der Waals surface area (Å²) in [5, 5.41) is 9.68. The molecular formula is C69H120O5. The summed E-state index contributed by atoms with van der Waals surface area (Å²) >= 11 is 0. The fourth-order valence-electron chi connectivity index (χ4n) is 9.12. The molecule has 1 N–H and O–H groups in total. The zero-order valence-corrected chi connectivity index (χ0v) is 48.8. The van der Waals surface area contributed by atoms with Gasteiger partial charge in [0.05, 0.1) is 6.61 Å². The number of ether oxygens (including phenoxy) is 2. The number of carbonyl (C=O) groups is 2. The second-order valence-corrected chi connectivity index (χ2v) is 21.1. The lowest BCUT2D eigenvalue weighted by atomic mass is 10.0.